The fraction of sp³-hybridized carbons (Fsp3) is 0.933. The van der Waals surface area contributed by atoms with Crippen LogP contribution in [0, 0.1) is 0 Å². The summed E-state index contributed by atoms with van der Waals surface area (Å²) in [6.45, 7) is 9.16. The number of piperidine rings is 1. The van der Waals surface area contributed by atoms with Gasteiger partial charge in [-0.2, -0.15) is 4.31 Å². The van der Waals surface area contributed by atoms with Crippen LogP contribution in [0.25, 0.3) is 0 Å². The first-order valence-corrected chi connectivity index (χ1v) is 10.00. The minimum absolute atomic E-state index is 0.0628. The number of piperazine rings is 1. The molecule has 0 bridgehead atoms. The van der Waals surface area contributed by atoms with Gasteiger partial charge in [-0.25, -0.2) is 8.42 Å². The lowest BCUT2D eigenvalue weighted by atomic mass is 10.0. The van der Waals surface area contributed by atoms with E-state index in [2.05, 4.69) is 18.7 Å². The Morgan fingerprint density at radius 1 is 1.14 bits per heavy atom. The summed E-state index contributed by atoms with van der Waals surface area (Å²) in [5.74, 6) is 0.433. The summed E-state index contributed by atoms with van der Waals surface area (Å²) in [6.07, 6.45) is 2.57. The van der Waals surface area contributed by atoms with Crippen molar-refractivity contribution in [2.75, 3.05) is 38.5 Å². The van der Waals surface area contributed by atoms with E-state index in [9.17, 15) is 13.2 Å². The molecule has 7 heteroatoms. The van der Waals surface area contributed by atoms with Gasteiger partial charge >= 0.3 is 0 Å². The van der Waals surface area contributed by atoms with Crippen molar-refractivity contribution in [2.45, 2.75) is 52.1 Å². The number of nitrogens with zero attached hydrogens (tertiary/aromatic N) is 3. The lowest BCUT2D eigenvalue weighted by Gasteiger charge is -2.43. The van der Waals surface area contributed by atoms with Gasteiger partial charge in [-0.05, 0) is 33.1 Å². The summed E-state index contributed by atoms with van der Waals surface area (Å²) < 4.78 is 25.8. The minimum Gasteiger partial charge on any atom is -0.339 e. The van der Waals surface area contributed by atoms with Gasteiger partial charge < -0.3 is 4.90 Å². The molecule has 1 atom stereocenters. The Morgan fingerprint density at radius 3 is 2.32 bits per heavy atom. The lowest BCUT2D eigenvalue weighted by molar-refractivity contribution is -0.142. The number of carbonyl (C=O) groups is 1. The van der Waals surface area contributed by atoms with Crippen LogP contribution in [-0.4, -0.2) is 79.0 Å². The Kier molecular flexibility index (Phi) is 5.85. The summed E-state index contributed by atoms with van der Waals surface area (Å²) >= 11 is 0. The highest BCUT2D eigenvalue weighted by molar-refractivity contribution is 7.89. The van der Waals surface area contributed by atoms with E-state index in [1.54, 1.807) is 4.31 Å². The maximum Gasteiger partial charge on any atom is 0.240 e. The van der Waals surface area contributed by atoms with Gasteiger partial charge in [-0.1, -0.05) is 6.92 Å². The van der Waals surface area contributed by atoms with E-state index in [4.69, 9.17) is 0 Å². The van der Waals surface area contributed by atoms with Crippen molar-refractivity contribution in [2.24, 2.45) is 0 Å². The molecule has 0 N–H and O–H groups in total. The van der Waals surface area contributed by atoms with Crippen LogP contribution >= 0.6 is 0 Å². The van der Waals surface area contributed by atoms with Crippen LogP contribution in [0.15, 0.2) is 0 Å². The van der Waals surface area contributed by atoms with Crippen LogP contribution in [-0.2, 0) is 14.8 Å². The molecule has 2 aliphatic heterocycles. The molecule has 0 aromatic carbocycles. The van der Waals surface area contributed by atoms with E-state index in [-0.39, 0.29) is 23.7 Å². The summed E-state index contributed by atoms with van der Waals surface area (Å²) in [5, 5.41) is 0. The van der Waals surface area contributed by atoms with E-state index in [0.29, 0.717) is 32.6 Å². The largest absolute Gasteiger partial charge is 0.339 e. The zero-order valence-corrected chi connectivity index (χ0v) is 14.8. The highest BCUT2D eigenvalue weighted by Gasteiger charge is 2.37. The first-order chi connectivity index (χ1) is 10.4. The van der Waals surface area contributed by atoms with Crippen LogP contribution in [0.5, 0.6) is 0 Å². The van der Waals surface area contributed by atoms with E-state index in [1.807, 2.05) is 11.8 Å². The third-order valence-corrected chi connectivity index (χ3v) is 6.71. The summed E-state index contributed by atoms with van der Waals surface area (Å²) in [5.41, 5.74) is 0. The van der Waals surface area contributed by atoms with Crippen LogP contribution in [0.4, 0.5) is 0 Å². The smallest absolute Gasteiger partial charge is 0.240 e. The number of amides is 1. The molecule has 22 heavy (non-hydrogen) atoms. The molecule has 0 radical (unpaired) electrons. The molecular formula is C15H29N3O3S. The van der Waals surface area contributed by atoms with E-state index in [0.717, 1.165) is 19.4 Å². The monoisotopic (exact) mass is 331 g/mol. The lowest BCUT2D eigenvalue weighted by Crippen LogP contribution is -2.59. The number of rotatable bonds is 5. The molecule has 0 aromatic heterocycles. The first kappa shape index (κ1) is 17.7. The van der Waals surface area contributed by atoms with E-state index >= 15 is 0 Å². The molecule has 2 saturated heterocycles. The summed E-state index contributed by atoms with van der Waals surface area (Å²) in [7, 11) is -3.11. The molecule has 128 valence electrons. The molecule has 0 spiro atoms. The summed E-state index contributed by atoms with van der Waals surface area (Å²) in [6, 6.07) is 0.175. The number of hydrogen-bond donors (Lipinski definition) is 0. The van der Waals surface area contributed by atoms with Crippen LogP contribution < -0.4 is 0 Å². The molecule has 2 fully saturated rings. The number of carbonyl (C=O) groups excluding carboxylic acids is 1. The van der Waals surface area contributed by atoms with Gasteiger partial charge in [0.25, 0.3) is 0 Å². The van der Waals surface area contributed by atoms with E-state index < -0.39 is 10.0 Å². The highest BCUT2D eigenvalue weighted by Crippen LogP contribution is 2.21. The molecule has 2 rings (SSSR count). The average molecular weight is 331 g/mol. The van der Waals surface area contributed by atoms with Crippen molar-refractivity contribution in [3.05, 3.63) is 0 Å². The van der Waals surface area contributed by atoms with Crippen LogP contribution in [0.3, 0.4) is 0 Å². The molecular weight excluding hydrogens is 302 g/mol. The molecule has 2 aliphatic rings. The second-order valence-electron chi connectivity index (χ2n) is 6.53. The van der Waals surface area contributed by atoms with Crippen molar-refractivity contribution in [1.29, 1.82) is 0 Å². The van der Waals surface area contributed by atoms with Gasteiger partial charge in [0.15, 0.2) is 0 Å². The highest BCUT2D eigenvalue weighted by atomic mass is 32.2. The second-order valence-corrected chi connectivity index (χ2v) is 8.62. The Morgan fingerprint density at radius 2 is 1.77 bits per heavy atom. The van der Waals surface area contributed by atoms with Gasteiger partial charge in [0.1, 0.15) is 0 Å². The zero-order chi connectivity index (χ0) is 16.3. The van der Waals surface area contributed by atoms with Crippen molar-refractivity contribution >= 4 is 15.9 Å². The molecule has 0 aromatic rings. The SMILES string of the molecule is CCCS(=O)(=O)N1CCN(C2CCCN(C(C)C)C2=O)CC1. The zero-order valence-electron chi connectivity index (χ0n) is 14.0. The van der Waals surface area contributed by atoms with Crippen LogP contribution in [0.1, 0.15) is 40.0 Å². The average Bonchev–Trinajstić information content (AvgIpc) is 2.47. The molecule has 1 unspecified atom stereocenters. The fourth-order valence-corrected chi connectivity index (χ4v) is 4.91. The predicted molar refractivity (Wildman–Crippen MR) is 87.1 cm³/mol. The third-order valence-electron chi connectivity index (χ3n) is 4.64. The maximum atomic E-state index is 12.6. The third kappa shape index (κ3) is 3.81. The second kappa shape index (κ2) is 7.27. The van der Waals surface area contributed by atoms with E-state index in [1.165, 1.54) is 0 Å². The molecule has 0 saturated carbocycles. The normalized spacial score (nSPS) is 25.9. The Hall–Kier alpha value is -0.660. The van der Waals surface area contributed by atoms with Gasteiger partial charge in [-0.15, -0.1) is 0 Å². The number of likely N-dealkylation sites (tertiary alicyclic amines) is 1. The minimum atomic E-state index is -3.11. The van der Waals surface area contributed by atoms with Gasteiger partial charge in [0.2, 0.25) is 15.9 Å². The number of hydrogen-bond acceptors (Lipinski definition) is 4. The fourth-order valence-electron chi connectivity index (χ4n) is 3.41. The van der Waals surface area contributed by atoms with Gasteiger partial charge in [0.05, 0.1) is 11.8 Å². The van der Waals surface area contributed by atoms with Crippen LogP contribution in [0.2, 0.25) is 0 Å². The van der Waals surface area contributed by atoms with Gasteiger partial charge in [-0.3, -0.25) is 9.69 Å². The molecule has 6 nitrogen and oxygen atoms in total. The quantitative estimate of drug-likeness (QED) is 0.746. The van der Waals surface area contributed by atoms with Crippen molar-refractivity contribution in [3.63, 3.8) is 0 Å². The molecule has 0 aliphatic carbocycles. The number of sulfonamides is 1. The Labute approximate surface area is 134 Å². The standard InChI is InChI=1S/C15H29N3O3S/c1-4-12-22(20,21)17-10-8-16(9-11-17)14-6-5-7-18(13(2)3)15(14)19/h13-14H,4-12H2,1-3H3. The summed E-state index contributed by atoms with van der Waals surface area (Å²) in [4.78, 5) is 16.7. The Balaban J connectivity index is 1.95. The van der Waals surface area contributed by atoms with Crippen molar-refractivity contribution in [3.8, 4) is 0 Å². The molecule has 1 amide bonds. The predicted octanol–water partition coefficient (Wildman–Crippen LogP) is 0.743. The van der Waals surface area contributed by atoms with Crippen molar-refractivity contribution in [1.82, 2.24) is 14.1 Å². The maximum absolute atomic E-state index is 12.6. The van der Waals surface area contributed by atoms with Gasteiger partial charge in [0, 0.05) is 38.8 Å². The molecule has 2 heterocycles. The first-order valence-electron chi connectivity index (χ1n) is 8.39. The van der Waals surface area contributed by atoms with Crippen molar-refractivity contribution < 1.29 is 13.2 Å². The Bertz CT molecular complexity index is 484. The topological polar surface area (TPSA) is 60.9 Å².